The summed E-state index contributed by atoms with van der Waals surface area (Å²) in [5, 5.41) is 14.5. The number of benzene rings is 1. The van der Waals surface area contributed by atoms with Crippen LogP contribution in [0.2, 0.25) is 0 Å². The van der Waals surface area contributed by atoms with Gasteiger partial charge in [-0.25, -0.2) is 9.59 Å². The summed E-state index contributed by atoms with van der Waals surface area (Å²) in [6.45, 7) is 0.839. The van der Waals surface area contributed by atoms with E-state index in [0.29, 0.717) is 26.0 Å². The average Bonchev–Trinajstić information content (AvgIpc) is 3.11. The highest BCUT2D eigenvalue weighted by molar-refractivity contribution is 5.87. The van der Waals surface area contributed by atoms with Crippen LogP contribution in [0.4, 0.5) is 4.79 Å². The predicted molar refractivity (Wildman–Crippen MR) is 91.5 cm³/mol. The number of methoxy groups -OCH3 is 1. The molecule has 0 aliphatic heterocycles. The average molecular weight is 346 g/mol. The van der Waals surface area contributed by atoms with Gasteiger partial charge >= 0.3 is 12.0 Å². The van der Waals surface area contributed by atoms with Crippen LogP contribution in [0.3, 0.4) is 0 Å². The third kappa shape index (κ3) is 6.31. The Morgan fingerprint density at radius 1 is 1.24 bits per heavy atom. The Balaban J connectivity index is 1.83. The maximum atomic E-state index is 12.1. The normalized spacial score (nSPS) is 11.7. The van der Waals surface area contributed by atoms with Crippen LogP contribution in [-0.2, 0) is 17.7 Å². The maximum absolute atomic E-state index is 12.1. The number of carboxylic acid groups (broad SMARTS) is 1. The van der Waals surface area contributed by atoms with Crippen molar-refractivity contribution in [2.75, 3.05) is 13.7 Å². The second-order valence-electron chi connectivity index (χ2n) is 5.59. The minimum absolute atomic E-state index is 0.111. The summed E-state index contributed by atoms with van der Waals surface area (Å²) in [5.74, 6) is -0.179. The Kier molecular flexibility index (Phi) is 7.03. The van der Waals surface area contributed by atoms with Crippen molar-refractivity contribution in [3.05, 3.63) is 59.5 Å². The second-order valence-corrected chi connectivity index (χ2v) is 5.59. The molecule has 0 saturated heterocycles. The zero-order valence-corrected chi connectivity index (χ0v) is 14.0. The number of amides is 2. The molecule has 134 valence electrons. The van der Waals surface area contributed by atoms with Gasteiger partial charge in [-0.15, -0.1) is 0 Å². The molecule has 0 aliphatic carbocycles. The van der Waals surface area contributed by atoms with E-state index in [1.54, 1.807) is 25.5 Å². The molecule has 7 nitrogen and oxygen atoms in total. The Labute approximate surface area is 146 Å². The van der Waals surface area contributed by atoms with Gasteiger partial charge in [-0.2, -0.15) is 0 Å². The summed E-state index contributed by atoms with van der Waals surface area (Å²) < 4.78 is 10.4. The lowest BCUT2D eigenvalue weighted by Crippen LogP contribution is -2.43. The minimum atomic E-state index is -0.976. The lowest BCUT2D eigenvalue weighted by Gasteiger charge is -2.18. The van der Waals surface area contributed by atoms with Gasteiger partial charge in [0.05, 0.1) is 11.8 Å². The summed E-state index contributed by atoms with van der Waals surface area (Å²) in [5.41, 5.74) is 1.03. The van der Waals surface area contributed by atoms with Crippen molar-refractivity contribution >= 4 is 12.0 Å². The lowest BCUT2D eigenvalue weighted by atomic mass is 10.1. The van der Waals surface area contributed by atoms with Crippen LogP contribution in [-0.4, -0.2) is 36.9 Å². The molecule has 0 spiro atoms. The number of hydrogen-bond acceptors (Lipinski definition) is 4. The molecule has 3 N–H and O–H groups in total. The fourth-order valence-electron chi connectivity index (χ4n) is 2.34. The summed E-state index contributed by atoms with van der Waals surface area (Å²) in [6.07, 6.45) is 2.85. The zero-order valence-electron chi connectivity index (χ0n) is 14.0. The molecule has 0 aliphatic rings. The van der Waals surface area contributed by atoms with Crippen molar-refractivity contribution in [1.29, 1.82) is 0 Å². The van der Waals surface area contributed by atoms with Crippen molar-refractivity contribution in [1.82, 2.24) is 10.6 Å². The number of carbonyl (C=O) groups excluding carboxylic acids is 1. The van der Waals surface area contributed by atoms with Crippen LogP contribution in [0.5, 0.6) is 0 Å². The molecule has 2 rings (SSSR count). The first-order chi connectivity index (χ1) is 12.1. The van der Waals surface area contributed by atoms with Crippen molar-refractivity contribution in [2.24, 2.45) is 0 Å². The van der Waals surface area contributed by atoms with Crippen LogP contribution in [0.1, 0.15) is 28.1 Å². The molecule has 2 aromatic rings. The zero-order chi connectivity index (χ0) is 18.1. The first-order valence-corrected chi connectivity index (χ1v) is 7.96. The molecule has 7 heteroatoms. The summed E-state index contributed by atoms with van der Waals surface area (Å²) in [4.78, 5) is 22.9. The number of aromatic carboxylic acids is 1. The molecule has 1 atom stereocenters. The van der Waals surface area contributed by atoms with E-state index in [-0.39, 0.29) is 17.6 Å². The highest BCUT2D eigenvalue weighted by Crippen LogP contribution is 2.07. The topological polar surface area (TPSA) is 101 Å². The first-order valence-electron chi connectivity index (χ1n) is 7.96. The number of ether oxygens (including phenoxy) is 1. The smallest absolute Gasteiger partial charge is 0.335 e. The standard InChI is InChI=1S/C18H22N2O5/c1-24-10-8-15(11-16-3-2-9-25-16)20-18(23)19-12-13-4-6-14(7-5-13)17(21)22/h2-7,9,15H,8,10-12H2,1H3,(H,21,22)(H2,19,20,23). The minimum Gasteiger partial charge on any atom is -0.478 e. The lowest BCUT2D eigenvalue weighted by molar-refractivity contribution is 0.0697. The first kappa shape index (κ1) is 18.5. The van der Waals surface area contributed by atoms with Gasteiger partial charge in [0.2, 0.25) is 0 Å². The van der Waals surface area contributed by atoms with Gasteiger partial charge in [0.25, 0.3) is 0 Å². The molecule has 0 bridgehead atoms. The highest BCUT2D eigenvalue weighted by Gasteiger charge is 2.14. The largest absolute Gasteiger partial charge is 0.478 e. The van der Waals surface area contributed by atoms with Gasteiger partial charge in [0.15, 0.2) is 0 Å². The quantitative estimate of drug-likeness (QED) is 0.647. The molecule has 1 heterocycles. The van der Waals surface area contributed by atoms with Crippen LogP contribution in [0.25, 0.3) is 0 Å². The fraction of sp³-hybridized carbons (Fsp3) is 0.333. The fourth-order valence-corrected chi connectivity index (χ4v) is 2.34. The predicted octanol–water partition coefficient (Wildman–Crippen LogP) is 2.42. The van der Waals surface area contributed by atoms with Crippen LogP contribution in [0, 0.1) is 0 Å². The van der Waals surface area contributed by atoms with Crippen LogP contribution >= 0.6 is 0 Å². The second kappa shape index (κ2) is 9.48. The SMILES string of the molecule is COCCC(Cc1ccco1)NC(=O)NCc1ccc(C(=O)O)cc1. The Morgan fingerprint density at radius 3 is 2.60 bits per heavy atom. The number of furan rings is 1. The summed E-state index contributed by atoms with van der Waals surface area (Å²) in [7, 11) is 1.62. The van der Waals surface area contributed by atoms with Crippen molar-refractivity contribution in [3.63, 3.8) is 0 Å². The summed E-state index contributed by atoms with van der Waals surface area (Å²) in [6, 6.07) is 9.64. The number of carboxylic acids is 1. The van der Waals surface area contributed by atoms with Crippen LogP contribution in [0.15, 0.2) is 47.1 Å². The van der Waals surface area contributed by atoms with Crippen molar-refractivity contribution < 1.29 is 23.8 Å². The Bertz CT molecular complexity index is 667. The third-order valence-electron chi connectivity index (χ3n) is 3.69. The van der Waals surface area contributed by atoms with E-state index in [0.717, 1.165) is 11.3 Å². The Hall–Kier alpha value is -2.80. The number of urea groups is 1. The number of hydrogen-bond donors (Lipinski definition) is 3. The van der Waals surface area contributed by atoms with Gasteiger partial charge in [-0.05, 0) is 36.2 Å². The van der Waals surface area contributed by atoms with Gasteiger partial charge in [-0.1, -0.05) is 12.1 Å². The molecule has 25 heavy (non-hydrogen) atoms. The van der Waals surface area contributed by atoms with Gasteiger partial charge < -0.3 is 24.9 Å². The molecule has 1 aromatic carbocycles. The van der Waals surface area contributed by atoms with E-state index in [1.165, 1.54) is 12.1 Å². The molecule has 1 aromatic heterocycles. The van der Waals surface area contributed by atoms with E-state index in [4.69, 9.17) is 14.3 Å². The van der Waals surface area contributed by atoms with E-state index in [9.17, 15) is 9.59 Å². The van der Waals surface area contributed by atoms with Gasteiger partial charge in [-0.3, -0.25) is 0 Å². The number of rotatable bonds is 9. The maximum Gasteiger partial charge on any atom is 0.335 e. The van der Waals surface area contributed by atoms with Gasteiger partial charge in [0, 0.05) is 32.7 Å². The van der Waals surface area contributed by atoms with E-state index in [1.807, 2.05) is 12.1 Å². The number of carbonyl (C=O) groups is 2. The van der Waals surface area contributed by atoms with E-state index in [2.05, 4.69) is 10.6 Å². The molecular formula is C18H22N2O5. The summed E-state index contributed by atoms with van der Waals surface area (Å²) >= 11 is 0. The molecule has 0 radical (unpaired) electrons. The molecule has 1 unspecified atom stereocenters. The molecule has 0 saturated carbocycles. The van der Waals surface area contributed by atoms with E-state index < -0.39 is 5.97 Å². The van der Waals surface area contributed by atoms with Gasteiger partial charge in [0.1, 0.15) is 5.76 Å². The third-order valence-corrected chi connectivity index (χ3v) is 3.69. The van der Waals surface area contributed by atoms with E-state index >= 15 is 0 Å². The highest BCUT2D eigenvalue weighted by atomic mass is 16.5. The van der Waals surface area contributed by atoms with Crippen molar-refractivity contribution in [3.8, 4) is 0 Å². The molecular weight excluding hydrogens is 324 g/mol. The number of nitrogens with one attached hydrogen (secondary N) is 2. The van der Waals surface area contributed by atoms with Crippen LogP contribution < -0.4 is 10.6 Å². The Morgan fingerprint density at radius 2 is 2.00 bits per heavy atom. The monoisotopic (exact) mass is 346 g/mol. The van der Waals surface area contributed by atoms with Crippen molar-refractivity contribution in [2.45, 2.75) is 25.4 Å². The molecule has 0 fully saturated rings. The molecule has 2 amide bonds.